The molecule has 0 spiro atoms. The van der Waals surface area contributed by atoms with Crippen LogP contribution in [0.1, 0.15) is 23.4 Å². The van der Waals surface area contributed by atoms with Gasteiger partial charge in [-0.2, -0.15) is 5.10 Å². The lowest BCUT2D eigenvalue weighted by atomic mass is 10.0. The van der Waals surface area contributed by atoms with Crippen LogP contribution in [0.4, 0.5) is 0 Å². The smallest absolute Gasteiger partial charge is 0.277 e. The van der Waals surface area contributed by atoms with Gasteiger partial charge in [0.15, 0.2) is 0 Å². The average Bonchev–Trinajstić information content (AvgIpc) is 2.91. The summed E-state index contributed by atoms with van der Waals surface area (Å²) in [5.74, 6) is 0. The Kier molecular flexibility index (Phi) is 3.86. The third kappa shape index (κ3) is 2.39. The van der Waals surface area contributed by atoms with Crippen molar-refractivity contribution in [2.75, 3.05) is 6.54 Å². The number of rotatable bonds is 2. The second-order valence-electron chi connectivity index (χ2n) is 4.79. The lowest BCUT2D eigenvalue weighted by Gasteiger charge is -2.33. The highest BCUT2D eigenvalue weighted by atomic mass is 35.5. The molecule has 3 heterocycles. The largest absolute Gasteiger partial charge is 0.288 e. The van der Waals surface area contributed by atoms with Crippen LogP contribution in [0.25, 0.3) is 0 Å². The van der Waals surface area contributed by atoms with Crippen LogP contribution in [0.3, 0.4) is 0 Å². The van der Waals surface area contributed by atoms with Gasteiger partial charge < -0.3 is 0 Å². The number of hydrogen-bond donors (Lipinski definition) is 0. The van der Waals surface area contributed by atoms with Crippen molar-refractivity contribution in [3.63, 3.8) is 0 Å². The number of halogens is 2. The minimum absolute atomic E-state index is 0.0301. The summed E-state index contributed by atoms with van der Waals surface area (Å²) < 4.78 is 1.36. The summed E-state index contributed by atoms with van der Waals surface area (Å²) in [6.45, 7) is 3.47. The molecular formula is C13H13Cl2N3OS. The van der Waals surface area contributed by atoms with Crippen molar-refractivity contribution in [2.24, 2.45) is 0 Å². The molecule has 4 nitrogen and oxygen atoms in total. The molecular weight excluding hydrogens is 317 g/mol. The number of fused-ring (bicyclic) bond motifs is 1. The highest BCUT2D eigenvalue weighted by Gasteiger charge is 2.25. The Bertz CT molecular complexity index is 697. The average molecular weight is 330 g/mol. The molecule has 20 heavy (non-hydrogen) atoms. The Balaban J connectivity index is 1.86. The summed E-state index contributed by atoms with van der Waals surface area (Å²) in [7, 11) is 0. The SMILES string of the molecule is CC1c2ccsc2CCN1Cn1ncc(Cl)c(Cl)c1=O. The van der Waals surface area contributed by atoms with Crippen LogP contribution in [0, 0.1) is 0 Å². The summed E-state index contributed by atoms with van der Waals surface area (Å²) >= 11 is 13.5. The molecule has 2 aromatic rings. The van der Waals surface area contributed by atoms with Gasteiger partial charge in [-0.1, -0.05) is 23.2 Å². The first-order chi connectivity index (χ1) is 9.58. The van der Waals surface area contributed by atoms with E-state index in [9.17, 15) is 4.79 Å². The topological polar surface area (TPSA) is 38.1 Å². The maximum absolute atomic E-state index is 12.0. The van der Waals surface area contributed by atoms with Gasteiger partial charge in [-0.05, 0) is 30.4 Å². The molecule has 0 saturated heterocycles. The Hall–Kier alpha value is -0.880. The van der Waals surface area contributed by atoms with Crippen LogP contribution in [0.15, 0.2) is 22.4 Å². The molecule has 3 rings (SSSR count). The zero-order valence-corrected chi connectivity index (χ0v) is 13.2. The third-order valence-corrected chi connectivity index (χ3v) is 5.41. The van der Waals surface area contributed by atoms with Gasteiger partial charge in [-0.25, -0.2) is 4.68 Å². The van der Waals surface area contributed by atoms with Crippen molar-refractivity contribution < 1.29 is 0 Å². The summed E-state index contributed by atoms with van der Waals surface area (Å²) in [6, 6.07) is 2.43. The van der Waals surface area contributed by atoms with Crippen LogP contribution >= 0.6 is 34.5 Å². The molecule has 0 radical (unpaired) electrons. The Labute approximate surface area is 130 Å². The number of thiophene rings is 1. The maximum Gasteiger partial charge on any atom is 0.288 e. The fourth-order valence-electron chi connectivity index (χ4n) is 2.47. The maximum atomic E-state index is 12.0. The Morgan fingerprint density at radius 2 is 2.30 bits per heavy atom. The van der Waals surface area contributed by atoms with Crippen molar-refractivity contribution in [1.82, 2.24) is 14.7 Å². The zero-order valence-electron chi connectivity index (χ0n) is 10.8. The molecule has 0 aromatic carbocycles. The summed E-state index contributed by atoms with van der Waals surface area (Å²) in [4.78, 5) is 15.7. The molecule has 0 aliphatic carbocycles. The highest BCUT2D eigenvalue weighted by molar-refractivity contribution is 7.10. The van der Waals surface area contributed by atoms with Gasteiger partial charge in [0.25, 0.3) is 5.56 Å². The molecule has 2 aromatic heterocycles. The molecule has 1 aliphatic rings. The highest BCUT2D eigenvalue weighted by Crippen LogP contribution is 2.32. The van der Waals surface area contributed by atoms with Crippen molar-refractivity contribution in [3.8, 4) is 0 Å². The zero-order chi connectivity index (χ0) is 14.3. The molecule has 1 unspecified atom stereocenters. The van der Waals surface area contributed by atoms with E-state index in [0.29, 0.717) is 6.67 Å². The van der Waals surface area contributed by atoms with E-state index in [1.807, 2.05) is 0 Å². The first-order valence-electron chi connectivity index (χ1n) is 6.29. The Morgan fingerprint density at radius 1 is 1.50 bits per heavy atom. The van der Waals surface area contributed by atoms with Crippen molar-refractivity contribution in [1.29, 1.82) is 0 Å². The van der Waals surface area contributed by atoms with Crippen molar-refractivity contribution in [3.05, 3.63) is 48.5 Å². The number of hydrogen-bond acceptors (Lipinski definition) is 4. The van der Waals surface area contributed by atoms with E-state index in [4.69, 9.17) is 23.2 Å². The standard InChI is InChI=1S/C13H13Cl2N3OS/c1-8-9-3-5-20-11(9)2-4-17(8)7-18-13(19)12(15)10(14)6-16-18/h3,5-6,8H,2,4,7H2,1H3. The van der Waals surface area contributed by atoms with E-state index in [1.54, 1.807) is 11.3 Å². The van der Waals surface area contributed by atoms with Gasteiger partial charge in [-0.15, -0.1) is 11.3 Å². The molecule has 0 N–H and O–H groups in total. The van der Waals surface area contributed by atoms with Gasteiger partial charge >= 0.3 is 0 Å². The first-order valence-corrected chi connectivity index (χ1v) is 7.93. The second-order valence-corrected chi connectivity index (χ2v) is 6.58. The van der Waals surface area contributed by atoms with Gasteiger partial charge in [0.2, 0.25) is 0 Å². The van der Waals surface area contributed by atoms with Gasteiger partial charge in [0, 0.05) is 17.5 Å². The molecule has 0 fully saturated rings. The monoisotopic (exact) mass is 329 g/mol. The lowest BCUT2D eigenvalue weighted by molar-refractivity contribution is 0.142. The number of nitrogens with zero attached hydrogens (tertiary/aromatic N) is 3. The van der Waals surface area contributed by atoms with E-state index >= 15 is 0 Å². The third-order valence-electron chi connectivity index (χ3n) is 3.66. The lowest BCUT2D eigenvalue weighted by Crippen LogP contribution is -2.38. The predicted molar refractivity (Wildman–Crippen MR) is 81.7 cm³/mol. The van der Waals surface area contributed by atoms with E-state index in [1.165, 1.54) is 21.3 Å². The summed E-state index contributed by atoms with van der Waals surface area (Å²) in [6.07, 6.45) is 2.42. The van der Waals surface area contributed by atoms with Crippen molar-refractivity contribution >= 4 is 34.5 Å². The normalized spacial score (nSPS) is 19.1. The van der Waals surface area contributed by atoms with E-state index in [0.717, 1.165) is 13.0 Å². The molecule has 1 atom stereocenters. The molecule has 106 valence electrons. The second kappa shape index (κ2) is 5.48. The summed E-state index contributed by atoms with van der Waals surface area (Å²) in [5, 5.41) is 6.40. The number of aromatic nitrogens is 2. The van der Waals surface area contributed by atoms with E-state index in [-0.39, 0.29) is 21.6 Å². The molecule has 1 aliphatic heterocycles. The fraction of sp³-hybridized carbons (Fsp3) is 0.385. The quantitative estimate of drug-likeness (QED) is 0.849. The summed E-state index contributed by atoms with van der Waals surface area (Å²) in [5.41, 5.74) is 0.997. The van der Waals surface area contributed by atoms with Crippen LogP contribution in [0.2, 0.25) is 10.0 Å². The van der Waals surface area contributed by atoms with Gasteiger partial charge in [0.1, 0.15) is 5.02 Å². The Morgan fingerprint density at radius 3 is 3.10 bits per heavy atom. The molecule has 0 amide bonds. The molecule has 0 saturated carbocycles. The van der Waals surface area contributed by atoms with Crippen molar-refractivity contribution in [2.45, 2.75) is 26.1 Å². The minimum atomic E-state index is -0.345. The predicted octanol–water partition coefficient (Wildman–Crippen LogP) is 3.19. The van der Waals surface area contributed by atoms with Crippen LogP contribution in [-0.4, -0.2) is 21.2 Å². The van der Waals surface area contributed by atoms with Gasteiger partial charge in [-0.3, -0.25) is 9.69 Å². The van der Waals surface area contributed by atoms with Crippen LogP contribution in [0.5, 0.6) is 0 Å². The first kappa shape index (κ1) is 14.1. The van der Waals surface area contributed by atoms with Crippen LogP contribution < -0.4 is 5.56 Å². The molecule has 0 bridgehead atoms. The van der Waals surface area contributed by atoms with Crippen LogP contribution in [-0.2, 0) is 13.1 Å². The van der Waals surface area contributed by atoms with E-state index in [2.05, 4.69) is 28.4 Å². The fourth-order valence-corrected chi connectivity index (χ4v) is 3.71. The van der Waals surface area contributed by atoms with Gasteiger partial charge in [0.05, 0.1) is 17.9 Å². The van der Waals surface area contributed by atoms with E-state index < -0.39 is 0 Å². The minimum Gasteiger partial charge on any atom is -0.277 e. The molecule has 7 heteroatoms.